The van der Waals surface area contributed by atoms with Gasteiger partial charge < -0.3 is 10.5 Å². The van der Waals surface area contributed by atoms with Crippen molar-refractivity contribution in [1.82, 2.24) is 5.43 Å². The first kappa shape index (κ1) is 20.4. The van der Waals surface area contributed by atoms with Gasteiger partial charge in [-0.2, -0.15) is 10.4 Å². The lowest BCUT2D eigenvalue weighted by molar-refractivity contribution is 0.0958. The van der Waals surface area contributed by atoms with Crippen LogP contribution < -0.4 is 15.9 Å². The Labute approximate surface area is 177 Å². The van der Waals surface area contributed by atoms with E-state index in [1.807, 2.05) is 54.6 Å². The number of thiophene rings is 1. The second-order valence-corrected chi connectivity index (χ2v) is 7.58. The van der Waals surface area contributed by atoms with Crippen molar-refractivity contribution in [3.8, 4) is 11.8 Å². The molecule has 8 heteroatoms. The maximum absolute atomic E-state index is 12.2. The Balaban J connectivity index is 1.55. The van der Waals surface area contributed by atoms with E-state index in [4.69, 9.17) is 27.3 Å². The summed E-state index contributed by atoms with van der Waals surface area (Å²) in [6, 6.07) is 16.8. The molecule has 0 atom stereocenters. The summed E-state index contributed by atoms with van der Waals surface area (Å²) in [7, 11) is 0. The first-order valence-electron chi connectivity index (χ1n) is 8.57. The fraction of sp³-hybridized carbons (Fsp3) is 0.0952. The number of rotatable bonds is 6. The van der Waals surface area contributed by atoms with Crippen molar-refractivity contribution in [1.29, 1.82) is 5.26 Å². The van der Waals surface area contributed by atoms with E-state index in [1.165, 1.54) is 6.21 Å². The second-order valence-electron chi connectivity index (χ2n) is 6.09. The topological polar surface area (TPSA) is 100 Å². The third-order valence-electron chi connectivity index (χ3n) is 4.07. The van der Waals surface area contributed by atoms with Crippen molar-refractivity contribution in [2.75, 3.05) is 5.73 Å². The predicted octanol–water partition coefficient (Wildman–Crippen LogP) is 4.51. The first-order chi connectivity index (χ1) is 14.0. The molecule has 0 fully saturated rings. The lowest BCUT2D eigenvalue weighted by atomic mass is 10.2. The number of nitrogen functional groups attached to an aromatic ring is 1. The van der Waals surface area contributed by atoms with E-state index < -0.39 is 5.91 Å². The van der Waals surface area contributed by atoms with Gasteiger partial charge in [0, 0.05) is 5.02 Å². The lowest BCUT2D eigenvalue weighted by Crippen LogP contribution is -2.17. The molecule has 3 rings (SSSR count). The molecular formula is C21H17ClN4O2S. The number of halogens is 1. The smallest absolute Gasteiger partial charge is 0.281 e. The van der Waals surface area contributed by atoms with Gasteiger partial charge in [-0.15, -0.1) is 11.3 Å². The average molecular weight is 425 g/mol. The van der Waals surface area contributed by atoms with E-state index in [2.05, 4.69) is 10.5 Å². The SMILES string of the molecule is Cc1c(C(=O)N/N=C\c2ccc(OCc3ccc(Cl)cc3)cc2)sc(N)c1C#N. The number of ether oxygens (including phenoxy) is 1. The van der Waals surface area contributed by atoms with Crippen LogP contribution in [0.3, 0.4) is 0 Å². The summed E-state index contributed by atoms with van der Waals surface area (Å²) < 4.78 is 5.73. The van der Waals surface area contributed by atoms with Crippen LogP contribution in [0.1, 0.15) is 31.9 Å². The fourth-order valence-electron chi connectivity index (χ4n) is 2.51. The summed E-state index contributed by atoms with van der Waals surface area (Å²) in [5.74, 6) is 0.315. The Morgan fingerprint density at radius 2 is 1.97 bits per heavy atom. The molecule has 0 saturated carbocycles. The van der Waals surface area contributed by atoms with Crippen LogP contribution in [0.4, 0.5) is 5.00 Å². The van der Waals surface area contributed by atoms with Crippen LogP contribution in [0, 0.1) is 18.3 Å². The third-order valence-corrected chi connectivity index (χ3v) is 5.44. The standard InChI is InChI=1S/C21H17ClN4O2S/c1-13-18(10-23)20(24)29-19(13)21(27)26-25-11-14-4-8-17(9-5-14)28-12-15-2-6-16(22)7-3-15/h2-9,11H,12,24H2,1H3,(H,26,27)/b25-11-. The Morgan fingerprint density at radius 1 is 1.28 bits per heavy atom. The van der Waals surface area contributed by atoms with Gasteiger partial charge in [-0.25, -0.2) is 5.43 Å². The Kier molecular flexibility index (Phi) is 6.50. The van der Waals surface area contributed by atoms with Gasteiger partial charge >= 0.3 is 0 Å². The number of anilines is 1. The molecule has 0 spiro atoms. The molecule has 0 aliphatic heterocycles. The molecular weight excluding hydrogens is 408 g/mol. The molecule has 1 aromatic heterocycles. The Morgan fingerprint density at radius 3 is 2.59 bits per heavy atom. The van der Waals surface area contributed by atoms with E-state index in [9.17, 15) is 4.79 Å². The van der Waals surface area contributed by atoms with Crippen molar-refractivity contribution in [3.05, 3.63) is 80.7 Å². The van der Waals surface area contributed by atoms with Gasteiger partial charge in [-0.3, -0.25) is 4.79 Å². The molecule has 29 heavy (non-hydrogen) atoms. The third kappa shape index (κ3) is 5.13. The molecule has 1 heterocycles. The average Bonchev–Trinajstić information content (AvgIpc) is 3.02. The number of nitrogens with two attached hydrogens (primary N) is 1. The van der Waals surface area contributed by atoms with Gasteiger partial charge in [-0.05, 0) is 60.0 Å². The fourth-order valence-corrected chi connectivity index (χ4v) is 3.55. The number of amides is 1. The van der Waals surface area contributed by atoms with Crippen LogP contribution in [0.15, 0.2) is 53.6 Å². The number of hydrazone groups is 1. The summed E-state index contributed by atoms with van der Waals surface area (Å²) in [5.41, 5.74) is 10.9. The van der Waals surface area contributed by atoms with Crippen LogP contribution >= 0.6 is 22.9 Å². The van der Waals surface area contributed by atoms with Crippen LogP contribution in [-0.2, 0) is 6.61 Å². The van der Waals surface area contributed by atoms with Crippen molar-refractivity contribution in [2.24, 2.45) is 5.10 Å². The van der Waals surface area contributed by atoms with Crippen molar-refractivity contribution >= 4 is 40.1 Å². The highest BCUT2D eigenvalue weighted by Crippen LogP contribution is 2.29. The normalized spacial score (nSPS) is 10.7. The quantitative estimate of drug-likeness (QED) is 0.449. The number of benzene rings is 2. The zero-order chi connectivity index (χ0) is 20.8. The highest BCUT2D eigenvalue weighted by atomic mass is 35.5. The molecule has 2 aromatic carbocycles. The number of carbonyl (C=O) groups is 1. The number of nitrogens with one attached hydrogen (secondary N) is 1. The first-order valence-corrected chi connectivity index (χ1v) is 9.77. The largest absolute Gasteiger partial charge is 0.489 e. The maximum atomic E-state index is 12.2. The Hall–Kier alpha value is -3.34. The van der Waals surface area contributed by atoms with Gasteiger partial charge in [0.2, 0.25) is 0 Å². The summed E-state index contributed by atoms with van der Waals surface area (Å²) in [4.78, 5) is 12.6. The molecule has 0 unspecified atom stereocenters. The van der Waals surface area contributed by atoms with E-state index in [1.54, 1.807) is 6.92 Å². The molecule has 1 amide bonds. The molecule has 0 aliphatic rings. The molecule has 3 N–H and O–H groups in total. The number of hydrogen-bond acceptors (Lipinski definition) is 6. The van der Waals surface area contributed by atoms with Crippen LogP contribution in [0.25, 0.3) is 0 Å². The number of nitrogens with zero attached hydrogens (tertiary/aromatic N) is 2. The van der Waals surface area contributed by atoms with Gasteiger partial charge in [0.1, 0.15) is 28.3 Å². The van der Waals surface area contributed by atoms with Gasteiger partial charge in [0.05, 0.1) is 11.8 Å². The highest BCUT2D eigenvalue weighted by Gasteiger charge is 2.18. The van der Waals surface area contributed by atoms with Crippen LogP contribution in [0.5, 0.6) is 5.75 Å². The van der Waals surface area contributed by atoms with Crippen LogP contribution in [-0.4, -0.2) is 12.1 Å². The van der Waals surface area contributed by atoms with Gasteiger partial charge in [0.25, 0.3) is 5.91 Å². The molecule has 6 nitrogen and oxygen atoms in total. The van der Waals surface area contributed by atoms with Crippen molar-refractivity contribution in [2.45, 2.75) is 13.5 Å². The van der Waals surface area contributed by atoms with Crippen molar-refractivity contribution in [3.63, 3.8) is 0 Å². The van der Waals surface area contributed by atoms with E-state index >= 15 is 0 Å². The summed E-state index contributed by atoms with van der Waals surface area (Å²) >= 11 is 6.94. The zero-order valence-electron chi connectivity index (χ0n) is 15.5. The number of nitriles is 1. The van der Waals surface area contributed by atoms with Crippen LogP contribution in [0.2, 0.25) is 5.02 Å². The Bertz CT molecular complexity index is 1080. The minimum atomic E-state index is -0.403. The zero-order valence-corrected chi connectivity index (χ0v) is 17.1. The highest BCUT2D eigenvalue weighted by molar-refractivity contribution is 7.18. The molecule has 0 radical (unpaired) electrons. The van der Waals surface area contributed by atoms with E-state index in [0.717, 1.165) is 28.2 Å². The maximum Gasteiger partial charge on any atom is 0.281 e. The number of carbonyl (C=O) groups excluding carboxylic acids is 1. The lowest BCUT2D eigenvalue weighted by Gasteiger charge is -2.06. The monoisotopic (exact) mass is 424 g/mol. The predicted molar refractivity (Wildman–Crippen MR) is 115 cm³/mol. The molecule has 0 aliphatic carbocycles. The van der Waals surface area contributed by atoms with Gasteiger partial charge in [0.15, 0.2) is 0 Å². The van der Waals surface area contributed by atoms with E-state index in [0.29, 0.717) is 32.6 Å². The second kappa shape index (κ2) is 9.24. The molecule has 146 valence electrons. The molecule has 0 bridgehead atoms. The molecule has 3 aromatic rings. The minimum Gasteiger partial charge on any atom is -0.489 e. The minimum absolute atomic E-state index is 0.327. The van der Waals surface area contributed by atoms with E-state index in [-0.39, 0.29) is 0 Å². The summed E-state index contributed by atoms with van der Waals surface area (Å²) in [6.45, 7) is 2.13. The summed E-state index contributed by atoms with van der Waals surface area (Å²) in [6.07, 6.45) is 1.53. The number of hydrogen-bond donors (Lipinski definition) is 2. The van der Waals surface area contributed by atoms with Gasteiger partial charge in [-0.1, -0.05) is 23.7 Å². The summed E-state index contributed by atoms with van der Waals surface area (Å²) in [5, 5.41) is 14.0. The molecule has 0 saturated heterocycles. The van der Waals surface area contributed by atoms with Crippen molar-refractivity contribution < 1.29 is 9.53 Å².